The first-order chi connectivity index (χ1) is 9.76. The molecule has 0 saturated heterocycles. The van der Waals surface area contributed by atoms with Crippen LogP contribution < -0.4 is 0 Å². The van der Waals surface area contributed by atoms with E-state index in [1.165, 1.54) is 0 Å². The first-order valence-electron chi connectivity index (χ1n) is 6.93. The Kier molecular flexibility index (Phi) is 6.38. The Labute approximate surface area is 121 Å². The van der Waals surface area contributed by atoms with Crippen molar-refractivity contribution in [1.82, 2.24) is 9.97 Å². The molecule has 0 bridgehead atoms. The molecule has 0 unspecified atom stereocenters. The second-order valence-electron chi connectivity index (χ2n) is 4.07. The van der Waals surface area contributed by atoms with Gasteiger partial charge in [0.1, 0.15) is 0 Å². The van der Waals surface area contributed by atoms with Crippen LogP contribution >= 0.6 is 0 Å². The van der Waals surface area contributed by atoms with E-state index < -0.39 is 0 Å². The summed E-state index contributed by atoms with van der Waals surface area (Å²) >= 11 is 0. The molecule has 0 spiro atoms. The maximum Gasteiger partial charge on any atom is 0.0892 e. The molecule has 20 heavy (non-hydrogen) atoms. The Hall–Kier alpha value is -2.22. The highest BCUT2D eigenvalue weighted by atomic mass is 14.7. The Morgan fingerprint density at radius 1 is 1.30 bits per heavy atom. The first kappa shape index (κ1) is 15.8. The van der Waals surface area contributed by atoms with Crippen LogP contribution in [-0.2, 0) is 0 Å². The topological polar surface area (TPSA) is 25.8 Å². The average molecular weight is 266 g/mol. The molecule has 0 aromatic carbocycles. The molecule has 2 aromatic heterocycles. The number of nitrogens with zero attached hydrogens (tertiary/aromatic N) is 2. The third-order valence-corrected chi connectivity index (χ3v) is 2.77. The summed E-state index contributed by atoms with van der Waals surface area (Å²) in [4.78, 5) is 8.77. The lowest BCUT2D eigenvalue weighted by Gasteiger charge is -2.07. The number of hydrogen-bond acceptors (Lipinski definition) is 2. The van der Waals surface area contributed by atoms with E-state index in [4.69, 9.17) is 0 Å². The van der Waals surface area contributed by atoms with Crippen molar-refractivity contribution in [3.63, 3.8) is 0 Å². The fourth-order valence-corrected chi connectivity index (χ4v) is 1.86. The molecule has 0 amide bonds. The van der Waals surface area contributed by atoms with Gasteiger partial charge in [0, 0.05) is 11.6 Å². The van der Waals surface area contributed by atoms with E-state index in [1.807, 2.05) is 51.1 Å². The van der Waals surface area contributed by atoms with Gasteiger partial charge in [0.05, 0.1) is 17.4 Å². The molecule has 0 radical (unpaired) electrons. The Bertz CT molecular complexity index is 637. The van der Waals surface area contributed by atoms with Crippen LogP contribution in [0.15, 0.2) is 55.4 Å². The summed E-state index contributed by atoms with van der Waals surface area (Å²) in [7, 11) is 0. The minimum Gasteiger partial charge on any atom is -0.262 e. The van der Waals surface area contributed by atoms with Crippen molar-refractivity contribution in [3.05, 3.63) is 66.7 Å². The van der Waals surface area contributed by atoms with Crippen LogP contribution in [0.4, 0.5) is 0 Å². The van der Waals surface area contributed by atoms with Crippen molar-refractivity contribution in [1.29, 1.82) is 0 Å². The van der Waals surface area contributed by atoms with Crippen LogP contribution in [0.1, 0.15) is 32.0 Å². The molecule has 0 fully saturated rings. The van der Waals surface area contributed by atoms with Gasteiger partial charge in [-0.05, 0) is 37.1 Å². The minimum absolute atomic E-state index is 0.909. The smallest absolute Gasteiger partial charge is 0.0892 e. The highest BCUT2D eigenvalue weighted by Gasteiger charge is 2.05. The Balaban J connectivity index is 0.000000956. The fourth-order valence-electron chi connectivity index (χ4n) is 1.86. The molecule has 2 rings (SSSR count). The monoisotopic (exact) mass is 266 g/mol. The molecular weight excluding hydrogens is 244 g/mol. The van der Waals surface area contributed by atoms with Gasteiger partial charge in [-0.15, -0.1) is 0 Å². The lowest BCUT2D eigenvalue weighted by molar-refractivity contribution is 1.25. The molecule has 2 heterocycles. The van der Waals surface area contributed by atoms with Gasteiger partial charge in [-0.3, -0.25) is 4.98 Å². The normalized spacial score (nSPS) is 11.3. The lowest BCUT2D eigenvalue weighted by atomic mass is 10.0. The van der Waals surface area contributed by atoms with E-state index in [9.17, 15) is 0 Å². The summed E-state index contributed by atoms with van der Waals surface area (Å²) in [5.74, 6) is 0. The van der Waals surface area contributed by atoms with Gasteiger partial charge in [-0.25, -0.2) is 4.98 Å². The number of fused-ring (bicyclic) bond motifs is 1. The summed E-state index contributed by atoms with van der Waals surface area (Å²) in [6, 6.07) is 4.11. The molecule has 0 N–H and O–H groups in total. The zero-order valence-electron chi connectivity index (χ0n) is 12.7. The number of aryl methyl sites for hydroxylation is 1. The predicted molar refractivity (Wildman–Crippen MR) is 88.6 cm³/mol. The molecule has 2 heteroatoms. The summed E-state index contributed by atoms with van der Waals surface area (Å²) < 4.78 is 0. The third kappa shape index (κ3) is 3.64. The molecule has 0 saturated carbocycles. The Morgan fingerprint density at radius 3 is 2.70 bits per heavy atom. The van der Waals surface area contributed by atoms with E-state index in [-0.39, 0.29) is 0 Å². The maximum atomic E-state index is 4.66. The van der Waals surface area contributed by atoms with Crippen molar-refractivity contribution in [3.8, 4) is 0 Å². The number of pyridine rings is 2. The van der Waals surface area contributed by atoms with Gasteiger partial charge in [-0.1, -0.05) is 44.7 Å². The van der Waals surface area contributed by atoms with Crippen molar-refractivity contribution in [2.75, 3.05) is 0 Å². The van der Waals surface area contributed by atoms with Crippen molar-refractivity contribution in [2.24, 2.45) is 0 Å². The highest BCUT2D eigenvalue weighted by Crippen LogP contribution is 2.22. The van der Waals surface area contributed by atoms with Gasteiger partial charge >= 0.3 is 0 Å². The minimum atomic E-state index is 0.909. The highest BCUT2D eigenvalue weighted by molar-refractivity contribution is 5.83. The number of allylic oxidation sites excluding steroid dienone is 5. The molecule has 0 aliphatic carbocycles. The molecule has 0 aliphatic heterocycles. The quantitative estimate of drug-likeness (QED) is 0.721. The van der Waals surface area contributed by atoms with E-state index >= 15 is 0 Å². The van der Waals surface area contributed by atoms with E-state index in [2.05, 4.69) is 29.5 Å². The maximum absolute atomic E-state index is 4.66. The van der Waals surface area contributed by atoms with Gasteiger partial charge in [0.2, 0.25) is 0 Å². The SMILES string of the molecule is C=C/C(=C\C=C/C)c1nc2cnccc2cc1C.CC. The van der Waals surface area contributed by atoms with E-state index in [1.54, 1.807) is 12.4 Å². The van der Waals surface area contributed by atoms with Gasteiger partial charge in [-0.2, -0.15) is 0 Å². The molecule has 104 valence electrons. The van der Waals surface area contributed by atoms with Gasteiger partial charge in [0.15, 0.2) is 0 Å². The van der Waals surface area contributed by atoms with E-state index in [0.717, 1.165) is 27.7 Å². The number of aromatic nitrogens is 2. The second-order valence-corrected chi connectivity index (χ2v) is 4.07. The van der Waals surface area contributed by atoms with Crippen LogP contribution in [0.5, 0.6) is 0 Å². The third-order valence-electron chi connectivity index (χ3n) is 2.77. The second kappa shape index (κ2) is 8.05. The predicted octanol–water partition coefficient (Wildman–Crippen LogP) is 5.11. The lowest BCUT2D eigenvalue weighted by Crippen LogP contribution is -1.93. The van der Waals surface area contributed by atoms with Gasteiger partial charge in [0.25, 0.3) is 0 Å². The fraction of sp³-hybridized carbons (Fsp3) is 0.222. The first-order valence-corrected chi connectivity index (χ1v) is 6.93. The van der Waals surface area contributed by atoms with Crippen molar-refractivity contribution < 1.29 is 0 Å². The molecular formula is C18H22N2. The van der Waals surface area contributed by atoms with Crippen molar-refractivity contribution in [2.45, 2.75) is 27.7 Å². The van der Waals surface area contributed by atoms with Crippen LogP contribution in [0, 0.1) is 6.92 Å². The summed E-state index contributed by atoms with van der Waals surface area (Å²) in [5, 5.41) is 1.11. The van der Waals surface area contributed by atoms with Gasteiger partial charge < -0.3 is 0 Å². The van der Waals surface area contributed by atoms with Crippen LogP contribution in [0.2, 0.25) is 0 Å². The van der Waals surface area contributed by atoms with Crippen LogP contribution in [-0.4, -0.2) is 9.97 Å². The molecule has 2 aromatic rings. The largest absolute Gasteiger partial charge is 0.262 e. The van der Waals surface area contributed by atoms with E-state index in [0.29, 0.717) is 0 Å². The summed E-state index contributed by atoms with van der Waals surface area (Å²) in [6.45, 7) is 11.9. The standard InChI is InChI=1S/C16H16N2.C2H6/c1-4-6-7-13(5-2)16-12(3)10-14-8-9-17-11-15(14)18-16;1-2/h4-11H,2H2,1,3H3;1-2H3/b6-4-,13-7+;. The van der Waals surface area contributed by atoms with Crippen molar-refractivity contribution >= 4 is 16.5 Å². The summed E-state index contributed by atoms with van der Waals surface area (Å²) in [6.07, 6.45) is 11.4. The zero-order valence-corrected chi connectivity index (χ0v) is 12.7. The number of hydrogen-bond donors (Lipinski definition) is 0. The molecule has 2 nitrogen and oxygen atoms in total. The molecule has 0 aliphatic rings. The number of rotatable bonds is 3. The van der Waals surface area contributed by atoms with Crippen LogP contribution in [0.3, 0.4) is 0 Å². The Morgan fingerprint density at radius 2 is 2.05 bits per heavy atom. The van der Waals surface area contributed by atoms with Crippen LogP contribution in [0.25, 0.3) is 16.5 Å². The summed E-state index contributed by atoms with van der Waals surface area (Å²) in [5.41, 5.74) is 4.04. The zero-order chi connectivity index (χ0) is 15.0. The molecule has 0 atom stereocenters. The average Bonchev–Trinajstić information content (AvgIpc) is 2.50.